The Kier molecular flexibility index (Phi) is 6.92. The molecule has 0 radical (unpaired) electrons. The summed E-state index contributed by atoms with van der Waals surface area (Å²) in [6, 6.07) is 17.8. The average molecular weight is 493 g/mol. The van der Waals surface area contributed by atoms with Crippen LogP contribution in [0.3, 0.4) is 0 Å². The second-order valence-corrected chi connectivity index (χ2v) is 11.3. The summed E-state index contributed by atoms with van der Waals surface area (Å²) in [7, 11) is -7.14. The lowest BCUT2D eigenvalue weighted by Crippen LogP contribution is -2.27. The van der Waals surface area contributed by atoms with E-state index in [1.807, 2.05) is 0 Å². The van der Waals surface area contributed by atoms with Gasteiger partial charge in [0.1, 0.15) is 0 Å². The van der Waals surface area contributed by atoms with Gasteiger partial charge in [0.25, 0.3) is 15.9 Å². The molecule has 168 valence electrons. The Bertz CT molecular complexity index is 1340. The minimum absolute atomic E-state index is 0.0899. The van der Waals surface area contributed by atoms with Crippen LogP contribution in [-0.4, -0.2) is 29.0 Å². The molecule has 32 heavy (non-hydrogen) atoms. The number of benzene rings is 3. The van der Waals surface area contributed by atoms with Gasteiger partial charge in [-0.2, -0.15) is 0 Å². The van der Waals surface area contributed by atoms with E-state index in [0.717, 1.165) is 6.26 Å². The number of amides is 1. The van der Waals surface area contributed by atoms with Gasteiger partial charge in [-0.25, -0.2) is 16.8 Å². The molecule has 0 bridgehead atoms. The number of sulfone groups is 1. The first-order valence-corrected chi connectivity index (χ1v) is 13.2. The average Bonchev–Trinajstić information content (AvgIpc) is 2.75. The van der Waals surface area contributed by atoms with E-state index in [1.165, 1.54) is 42.5 Å². The van der Waals surface area contributed by atoms with Gasteiger partial charge < -0.3 is 5.32 Å². The lowest BCUT2D eigenvalue weighted by molar-refractivity contribution is 0.0940. The van der Waals surface area contributed by atoms with E-state index in [1.54, 1.807) is 37.3 Å². The fourth-order valence-corrected chi connectivity index (χ4v) is 4.84. The third kappa shape index (κ3) is 5.67. The Morgan fingerprint density at radius 3 is 2.09 bits per heavy atom. The monoisotopic (exact) mass is 492 g/mol. The fraction of sp³-hybridized carbons (Fsp3) is 0.136. The zero-order valence-corrected chi connectivity index (χ0v) is 19.6. The first kappa shape index (κ1) is 23.8. The van der Waals surface area contributed by atoms with Crippen molar-refractivity contribution >= 4 is 43.1 Å². The minimum Gasteiger partial charge on any atom is -0.345 e. The number of anilines is 1. The van der Waals surface area contributed by atoms with Crippen molar-refractivity contribution in [3.05, 3.63) is 88.9 Å². The molecule has 3 rings (SSSR count). The molecule has 0 aromatic heterocycles. The van der Waals surface area contributed by atoms with Gasteiger partial charge in [0.05, 0.1) is 26.4 Å². The summed E-state index contributed by atoms with van der Waals surface area (Å²) >= 11 is 6.17. The molecule has 3 aromatic carbocycles. The highest BCUT2D eigenvalue weighted by Gasteiger charge is 2.18. The molecule has 0 saturated heterocycles. The van der Waals surface area contributed by atoms with Gasteiger partial charge in [0.2, 0.25) is 0 Å². The van der Waals surface area contributed by atoms with E-state index in [-0.39, 0.29) is 26.1 Å². The van der Waals surface area contributed by atoms with Crippen molar-refractivity contribution in [1.29, 1.82) is 0 Å². The number of rotatable bonds is 7. The molecule has 7 nitrogen and oxygen atoms in total. The number of carbonyl (C=O) groups excluding carboxylic acids is 1. The Labute approximate surface area is 192 Å². The number of halogens is 1. The van der Waals surface area contributed by atoms with Crippen molar-refractivity contribution in [2.45, 2.75) is 22.8 Å². The molecule has 0 aliphatic rings. The Morgan fingerprint density at radius 1 is 0.875 bits per heavy atom. The molecule has 0 fully saturated rings. The summed E-state index contributed by atoms with van der Waals surface area (Å²) < 4.78 is 50.7. The maximum atomic E-state index is 12.8. The highest BCUT2D eigenvalue weighted by molar-refractivity contribution is 7.92. The molecule has 10 heteroatoms. The van der Waals surface area contributed by atoms with Gasteiger partial charge in [0.15, 0.2) is 9.84 Å². The molecule has 0 saturated carbocycles. The van der Waals surface area contributed by atoms with Crippen LogP contribution in [0.5, 0.6) is 0 Å². The van der Waals surface area contributed by atoms with E-state index in [0.29, 0.717) is 5.56 Å². The van der Waals surface area contributed by atoms with Crippen molar-refractivity contribution in [3.63, 3.8) is 0 Å². The SMILES string of the molecule is CC(NC(=O)c1cc(NS(=O)(=O)c2ccccc2)ccc1Cl)c1ccc(S(C)(=O)=O)cc1. The topological polar surface area (TPSA) is 109 Å². The molecule has 0 spiro atoms. The first-order chi connectivity index (χ1) is 15.0. The Morgan fingerprint density at radius 2 is 1.50 bits per heavy atom. The van der Waals surface area contributed by atoms with E-state index < -0.39 is 31.8 Å². The maximum absolute atomic E-state index is 12.8. The second-order valence-electron chi connectivity index (χ2n) is 7.15. The highest BCUT2D eigenvalue weighted by atomic mass is 35.5. The number of hydrogen-bond donors (Lipinski definition) is 2. The zero-order chi connectivity index (χ0) is 23.5. The third-order valence-electron chi connectivity index (χ3n) is 4.67. The van der Waals surface area contributed by atoms with Gasteiger partial charge in [-0.3, -0.25) is 9.52 Å². The largest absolute Gasteiger partial charge is 0.345 e. The van der Waals surface area contributed by atoms with Crippen LogP contribution in [0, 0.1) is 0 Å². The first-order valence-electron chi connectivity index (χ1n) is 9.46. The molecule has 0 aliphatic carbocycles. The van der Waals surface area contributed by atoms with Crippen LogP contribution in [0.1, 0.15) is 28.9 Å². The van der Waals surface area contributed by atoms with Gasteiger partial charge in [0, 0.05) is 11.9 Å². The molecular weight excluding hydrogens is 472 g/mol. The summed E-state index contributed by atoms with van der Waals surface area (Å²) in [6.45, 7) is 1.74. The van der Waals surface area contributed by atoms with Crippen molar-refractivity contribution in [2.24, 2.45) is 0 Å². The normalized spacial score (nSPS) is 12.7. The minimum atomic E-state index is -3.82. The third-order valence-corrected chi connectivity index (χ3v) is 7.53. The van der Waals surface area contributed by atoms with Crippen molar-refractivity contribution in [1.82, 2.24) is 5.32 Å². The Balaban J connectivity index is 1.78. The van der Waals surface area contributed by atoms with Gasteiger partial charge in [-0.05, 0) is 55.0 Å². The fourth-order valence-electron chi connectivity index (χ4n) is 2.94. The van der Waals surface area contributed by atoms with E-state index in [9.17, 15) is 21.6 Å². The summed E-state index contributed by atoms with van der Waals surface area (Å²) in [4.78, 5) is 13.1. The molecule has 0 heterocycles. The van der Waals surface area contributed by atoms with Crippen LogP contribution >= 0.6 is 11.6 Å². The number of hydrogen-bond acceptors (Lipinski definition) is 5. The van der Waals surface area contributed by atoms with Crippen LogP contribution in [-0.2, 0) is 19.9 Å². The summed E-state index contributed by atoms with van der Waals surface area (Å²) in [5.41, 5.74) is 0.982. The maximum Gasteiger partial charge on any atom is 0.261 e. The van der Waals surface area contributed by atoms with Crippen molar-refractivity contribution < 1.29 is 21.6 Å². The summed E-state index contributed by atoms with van der Waals surface area (Å²) in [6.07, 6.45) is 1.12. The van der Waals surface area contributed by atoms with Crippen molar-refractivity contribution in [2.75, 3.05) is 11.0 Å². The zero-order valence-electron chi connectivity index (χ0n) is 17.2. The summed E-state index contributed by atoms with van der Waals surface area (Å²) in [5, 5.41) is 2.94. The van der Waals surface area contributed by atoms with E-state index >= 15 is 0 Å². The molecule has 0 aliphatic heterocycles. The second kappa shape index (κ2) is 9.32. The predicted octanol–water partition coefficient (Wildman–Crippen LogP) is 4.04. The van der Waals surface area contributed by atoms with Gasteiger partial charge in [-0.15, -0.1) is 0 Å². The Hall–Kier alpha value is -2.88. The van der Waals surface area contributed by atoms with Gasteiger partial charge >= 0.3 is 0 Å². The number of carbonyl (C=O) groups is 1. The van der Waals surface area contributed by atoms with E-state index in [4.69, 9.17) is 11.6 Å². The molecule has 1 amide bonds. The predicted molar refractivity (Wildman–Crippen MR) is 124 cm³/mol. The number of sulfonamides is 1. The standard InChI is InChI=1S/C22H21ClN2O5S2/c1-15(16-8-11-18(12-9-16)31(2,27)28)24-22(26)20-14-17(10-13-21(20)23)25-32(29,30)19-6-4-3-5-7-19/h3-15,25H,1-2H3,(H,24,26). The molecule has 1 atom stereocenters. The van der Waals surface area contributed by atoms with Crippen molar-refractivity contribution in [3.8, 4) is 0 Å². The highest BCUT2D eigenvalue weighted by Crippen LogP contribution is 2.24. The molecule has 2 N–H and O–H groups in total. The molecule has 1 unspecified atom stereocenters. The number of nitrogens with one attached hydrogen (secondary N) is 2. The van der Waals surface area contributed by atoms with E-state index in [2.05, 4.69) is 10.0 Å². The van der Waals surface area contributed by atoms with Crippen LogP contribution in [0.4, 0.5) is 5.69 Å². The summed E-state index contributed by atoms with van der Waals surface area (Å²) in [5.74, 6) is -0.504. The van der Waals surface area contributed by atoms with Crippen LogP contribution in [0.15, 0.2) is 82.6 Å². The quantitative estimate of drug-likeness (QED) is 0.517. The molecular formula is C22H21ClN2O5S2. The molecule has 3 aromatic rings. The smallest absolute Gasteiger partial charge is 0.261 e. The van der Waals surface area contributed by atoms with Crippen LogP contribution in [0.25, 0.3) is 0 Å². The van der Waals surface area contributed by atoms with Crippen LogP contribution in [0.2, 0.25) is 5.02 Å². The van der Waals surface area contributed by atoms with Gasteiger partial charge in [-0.1, -0.05) is 41.9 Å². The lowest BCUT2D eigenvalue weighted by Gasteiger charge is -2.16. The van der Waals surface area contributed by atoms with Crippen LogP contribution < -0.4 is 10.0 Å². The lowest BCUT2D eigenvalue weighted by atomic mass is 10.1.